The summed E-state index contributed by atoms with van der Waals surface area (Å²) in [4.78, 5) is 3.17. The van der Waals surface area contributed by atoms with Gasteiger partial charge in [0.25, 0.3) is 0 Å². The molecule has 0 saturated carbocycles. The van der Waals surface area contributed by atoms with Gasteiger partial charge in [0.05, 0.1) is 0 Å². The molecule has 0 aromatic heterocycles. The van der Waals surface area contributed by atoms with Crippen molar-refractivity contribution in [3.63, 3.8) is 0 Å². The molecule has 0 fully saturated rings. The Morgan fingerprint density at radius 3 is 1.04 bits per heavy atom. The van der Waals surface area contributed by atoms with Crippen LogP contribution in [0.25, 0.3) is 0 Å². The summed E-state index contributed by atoms with van der Waals surface area (Å²) in [6.45, 7) is 6.31. The van der Waals surface area contributed by atoms with Gasteiger partial charge in [0.15, 0.2) is 0 Å². The van der Waals surface area contributed by atoms with Crippen molar-refractivity contribution < 1.29 is 0 Å². The monoisotopic (exact) mass is 444 g/mol. The third-order valence-electron chi connectivity index (χ3n) is 4.12. The molecule has 0 saturated heterocycles. The molecule has 0 heterocycles. The Morgan fingerprint density at radius 1 is 0.520 bits per heavy atom. The fourth-order valence-corrected chi connectivity index (χ4v) is 10.1. The summed E-state index contributed by atoms with van der Waals surface area (Å²) < 4.78 is 3.96. The maximum absolute atomic E-state index is 4.80. The number of benzene rings is 3. The first kappa shape index (κ1) is 19.0. The first-order chi connectivity index (χ1) is 11.9. The van der Waals surface area contributed by atoms with Crippen LogP contribution in [0, 0.1) is 20.8 Å². The van der Waals surface area contributed by atoms with Crippen LogP contribution in [0.3, 0.4) is 0 Å². The van der Waals surface area contributed by atoms with Gasteiger partial charge in [-0.1, -0.05) is 0 Å². The fraction of sp³-hybridized carbons (Fsp3) is 0.143. The molecule has 0 amide bonds. The molecule has 0 N–H and O–H groups in total. The Morgan fingerprint density at radius 2 is 0.800 bits per heavy atom. The van der Waals surface area contributed by atoms with E-state index in [1.807, 2.05) is 0 Å². The quantitative estimate of drug-likeness (QED) is 0.395. The van der Waals surface area contributed by atoms with Crippen molar-refractivity contribution in [3.8, 4) is 0 Å². The summed E-state index contributed by atoms with van der Waals surface area (Å²) in [5, 5.41) is 0. The van der Waals surface area contributed by atoms with E-state index < -0.39 is 14.7 Å². The second-order valence-corrected chi connectivity index (χ2v) is 12.2. The van der Waals surface area contributed by atoms with Crippen LogP contribution in [-0.4, -0.2) is 14.7 Å². The van der Waals surface area contributed by atoms with E-state index in [0.29, 0.717) is 0 Å². The zero-order valence-electron chi connectivity index (χ0n) is 14.5. The van der Waals surface area contributed by atoms with E-state index in [0.717, 1.165) is 14.7 Å². The molecule has 0 nitrogen and oxygen atoms in total. The van der Waals surface area contributed by atoms with Crippen LogP contribution in [0.5, 0.6) is 0 Å². The van der Waals surface area contributed by atoms with E-state index in [4.69, 9.17) is 37.9 Å². The second kappa shape index (κ2) is 7.88. The summed E-state index contributed by atoms with van der Waals surface area (Å²) in [5.74, 6) is 0. The van der Waals surface area contributed by atoms with Crippen molar-refractivity contribution in [2.75, 3.05) is 0 Å². The molecule has 0 unspecified atom stereocenters. The SMILES string of the molecule is Cc1ccc([As](c2ccc(C)cc2S)c2ccc(C)cc2S)c(S)c1. The van der Waals surface area contributed by atoms with Gasteiger partial charge in [-0.15, -0.1) is 0 Å². The van der Waals surface area contributed by atoms with Gasteiger partial charge in [-0.3, -0.25) is 0 Å². The van der Waals surface area contributed by atoms with E-state index in [9.17, 15) is 0 Å². The van der Waals surface area contributed by atoms with Crippen molar-refractivity contribution in [3.05, 3.63) is 71.3 Å². The molecule has 3 aromatic rings. The zero-order valence-corrected chi connectivity index (χ0v) is 19.0. The van der Waals surface area contributed by atoms with Crippen LogP contribution in [0.2, 0.25) is 0 Å². The van der Waals surface area contributed by atoms with Crippen LogP contribution in [0.4, 0.5) is 0 Å². The molecule has 0 aliphatic rings. The third kappa shape index (κ3) is 4.17. The first-order valence-electron chi connectivity index (χ1n) is 8.06. The molecule has 3 aromatic carbocycles. The molecule has 0 spiro atoms. The number of aryl methyl sites for hydroxylation is 3. The number of rotatable bonds is 3. The Hall–Kier alpha value is -0.732. The Kier molecular flexibility index (Phi) is 6.00. The van der Waals surface area contributed by atoms with Gasteiger partial charge in [-0.2, -0.15) is 0 Å². The van der Waals surface area contributed by atoms with Crippen LogP contribution in [0.15, 0.2) is 69.3 Å². The van der Waals surface area contributed by atoms with Crippen LogP contribution >= 0.6 is 37.9 Å². The maximum atomic E-state index is 4.80. The topological polar surface area (TPSA) is 0 Å². The number of hydrogen-bond acceptors (Lipinski definition) is 3. The summed E-state index contributed by atoms with van der Waals surface area (Å²) in [6.07, 6.45) is 0. The van der Waals surface area contributed by atoms with E-state index >= 15 is 0 Å². The second-order valence-electron chi connectivity index (χ2n) is 6.31. The summed E-state index contributed by atoms with van der Waals surface area (Å²) in [6, 6.07) is 19.7. The Balaban J connectivity index is 2.27. The average Bonchev–Trinajstić information content (AvgIpc) is 2.52. The molecule has 0 aliphatic carbocycles. The average molecular weight is 445 g/mol. The van der Waals surface area contributed by atoms with Gasteiger partial charge in [-0.25, -0.2) is 0 Å². The van der Waals surface area contributed by atoms with Crippen LogP contribution < -0.4 is 13.1 Å². The molecule has 3 rings (SSSR count). The number of hydrogen-bond donors (Lipinski definition) is 3. The molecule has 25 heavy (non-hydrogen) atoms. The normalized spacial score (nSPS) is 11.2. The van der Waals surface area contributed by atoms with Gasteiger partial charge in [-0.05, 0) is 0 Å². The van der Waals surface area contributed by atoms with E-state index in [2.05, 4.69) is 75.4 Å². The molecule has 0 aliphatic heterocycles. The van der Waals surface area contributed by atoms with Crippen LogP contribution in [0.1, 0.15) is 16.7 Å². The molecule has 0 atom stereocenters. The zero-order chi connectivity index (χ0) is 18.1. The van der Waals surface area contributed by atoms with E-state index in [1.165, 1.54) is 29.7 Å². The molecular formula is C21H21AsS3. The van der Waals surface area contributed by atoms with Crippen molar-refractivity contribution in [2.45, 2.75) is 35.5 Å². The van der Waals surface area contributed by atoms with Crippen LogP contribution in [-0.2, 0) is 0 Å². The van der Waals surface area contributed by atoms with Gasteiger partial charge < -0.3 is 0 Å². The van der Waals surface area contributed by atoms with E-state index in [-0.39, 0.29) is 0 Å². The molecular weight excluding hydrogens is 423 g/mol. The first-order valence-corrected chi connectivity index (χ1v) is 12.2. The predicted molar refractivity (Wildman–Crippen MR) is 120 cm³/mol. The minimum absolute atomic E-state index is 1.06. The summed E-state index contributed by atoms with van der Waals surface area (Å²) in [5.41, 5.74) is 3.69. The third-order valence-corrected chi connectivity index (χ3v) is 11.9. The van der Waals surface area contributed by atoms with Crippen molar-refractivity contribution in [2.24, 2.45) is 0 Å². The van der Waals surface area contributed by atoms with E-state index in [1.54, 1.807) is 0 Å². The van der Waals surface area contributed by atoms with Gasteiger partial charge in [0.2, 0.25) is 0 Å². The summed E-state index contributed by atoms with van der Waals surface area (Å²) in [7, 11) is 0. The molecule has 0 bridgehead atoms. The standard InChI is InChI=1S/C21H21AsS3/c1-13-4-7-16(19(23)10-13)22(17-8-5-14(2)11-20(17)24)18-9-6-15(3)12-21(18)25/h4-12,23-25H,1-3H3. The fourth-order valence-electron chi connectivity index (χ4n) is 2.86. The minimum atomic E-state index is -1.81. The van der Waals surface area contributed by atoms with Gasteiger partial charge >= 0.3 is 172 Å². The van der Waals surface area contributed by atoms with Crippen molar-refractivity contribution in [1.29, 1.82) is 0 Å². The molecule has 0 radical (unpaired) electrons. The molecule has 4 heteroatoms. The Labute approximate surface area is 171 Å². The summed E-state index contributed by atoms with van der Waals surface area (Å²) >= 11 is 12.6. The Bertz CT molecular complexity index is 812. The van der Waals surface area contributed by atoms with Gasteiger partial charge in [0.1, 0.15) is 0 Å². The predicted octanol–water partition coefficient (Wildman–Crippen LogP) is 3.99. The van der Waals surface area contributed by atoms with Crippen molar-refractivity contribution >= 4 is 65.6 Å². The number of thiol groups is 3. The van der Waals surface area contributed by atoms with Gasteiger partial charge in [0, 0.05) is 0 Å². The molecule has 128 valence electrons. The van der Waals surface area contributed by atoms with Crippen molar-refractivity contribution in [1.82, 2.24) is 0 Å².